The van der Waals surface area contributed by atoms with E-state index in [0.717, 1.165) is 56.4 Å². The van der Waals surface area contributed by atoms with Crippen LogP contribution >= 0.6 is 12.2 Å². The molecular formula is C42H39N3O6S. The molecule has 8 rings (SSSR count). The molecule has 264 valence electrons. The third-order valence-electron chi connectivity index (χ3n) is 10.4. The number of hydrogen-bond acceptors (Lipinski definition) is 8. The molecule has 3 aliphatic rings. The lowest BCUT2D eigenvalue weighted by Gasteiger charge is -2.36. The lowest BCUT2D eigenvalue weighted by Crippen LogP contribution is -2.41. The van der Waals surface area contributed by atoms with Gasteiger partial charge in [0.25, 0.3) is 0 Å². The Labute approximate surface area is 307 Å². The van der Waals surface area contributed by atoms with Gasteiger partial charge in [-0.2, -0.15) is 0 Å². The fraction of sp³-hybridized carbons (Fsp3) is 0.238. The van der Waals surface area contributed by atoms with Crippen LogP contribution in [-0.2, 0) is 29.6 Å². The van der Waals surface area contributed by atoms with E-state index in [1.807, 2.05) is 30.3 Å². The van der Waals surface area contributed by atoms with Crippen molar-refractivity contribution in [2.24, 2.45) is 0 Å². The van der Waals surface area contributed by atoms with Gasteiger partial charge in [0.2, 0.25) is 0 Å². The lowest BCUT2D eigenvalue weighted by molar-refractivity contribution is 0.0224. The first-order valence-electron chi connectivity index (χ1n) is 17.6. The van der Waals surface area contributed by atoms with E-state index in [1.165, 1.54) is 35.4 Å². The van der Waals surface area contributed by atoms with Crippen molar-refractivity contribution in [3.05, 3.63) is 136 Å². The molecule has 2 aliphatic heterocycles. The number of phenols is 3. The molecule has 0 bridgehead atoms. The van der Waals surface area contributed by atoms with E-state index in [4.69, 9.17) is 21.7 Å². The largest absolute Gasteiger partial charge is 0.508 e. The number of carbonyl (C=O) groups excluding carboxylic acids is 1. The average molecular weight is 714 g/mol. The molecule has 9 nitrogen and oxygen atoms in total. The second-order valence-corrected chi connectivity index (χ2v) is 14.1. The van der Waals surface area contributed by atoms with Crippen LogP contribution in [0.3, 0.4) is 0 Å². The molecule has 10 heteroatoms. The molecule has 0 unspecified atom stereocenters. The molecule has 1 aliphatic carbocycles. The van der Waals surface area contributed by atoms with Crippen LogP contribution in [0.1, 0.15) is 63.5 Å². The summed E-state index contributed by atoms with van der Waals surface area (Å²) in [6.07, 6.45) is 4.96. The van der Waals surface area contributed by atoms with Gasteiger partial charge < -0.3 is 35.4 Å². The van der Waals surface area contributed by atoms with Gasteiger partial charge in [0.1, 0.15) is 28.7 Å². The van der Waals surface area contributed by atoms with Crippen molar-refractivity contribution in [3.63, 3.8) is 0 Å². The first kappa shape index (κ1) is 33.6. The fourth-order valence-electron chi connectivity index (χ4n) is 7.95. The Balaban J connectivity index is 0.937. The molecule has 0 fully saturated rings. The van der Waals surface area contributed by atoms with Crippen molar-refractivity contribution in [3.8, 4) is 28.7 Å². The van der Waals surface area contributed by atoms with Gasteiger partial charge in [-0.3, -0.25) is 4.90 Å². The molecule has 0 radical (unpaired) electrons. The maximum absolute atomic E-state index is 13.5. The second-order valence-electron chi connectivity index (χ2n) is 13.7. The lowest BCUT2D eigenvalue weighted by atomic mass is 9.77. The van der Waals surface area contributed by atoms with Gasteiger partial charge in [-0.05, 0) is 122 Å². The van der Waals surface area contributed by atoms with E-state index in [1.54, 1.807) is 24.3 Å². The van der Waals surface area contributed by atoms with Crippen LogP contribution in [0, 0.1) is 0 Å². The van der Waals surface area contributed by atoms with Gasteiger partial charge >= 0.3 is 5.97 Å². The number of thiocarbonyl (C=S) groups is 1. The normalized spacial score (nSPS) is 16.3. The summed E-state index contributed by atoms with van der Waals surface area (Å²) in [6, 6.07) is 29.4. The number of rotatable bonds is 8. The van der Waals surface area contributed by atoms with Crippen molar-refractivity contribution in [1.82, 2.24) is 4.90 Å². The van der Waals surface area contributed by atoms with Crippen LogP contribution in [-0.4, -0.2) is 50.4 Å². The summed E-state index contributed by atoms with van der Waals surface area (Å²) in [5, 5.41) is 37.5. The SMILES string of the molecule is CCCN(CCc1ccc(NC(=S)Nc2ccc3c(c2)C(=O)OC32c3ccc(O)cc3Oc3cc(O)ccc32)cc1)[C@H]1CCc2c(O)cccc2C1. The van der Waals surface area contributed by atoms with Gasteiger partial charge in [0, 0.05) is 52.8 Å². The smallest absolute Gasteiger partial charge is 0.340 e. The topological polar surface area (TPSA) is 124 Å². The quantitative estimate of drug-likeness (QED) is 0.0799. The first-order chi connectivity index (χ1) is 25.2. The van der Waals surface area contributed by atoms with Crippen LogP contribution in [0.5, 0.6) is 28.7 Å². The van der Waals surface area contributed by atoms with Crippen molar-refractivity contribution >= 4 is 34.7 Å². The Morgan fingerprint density at radius 1 is 0.846 bits per heavy atom. The van der Waals surface area contributed by atoms with Crippen LogP contribution in [0.2, 0.25) is 0 Å². The predicted octanol–water partition coefficient (Wildman–Crippen LogP) is 7.99. The summed E-state index contributed by atoms with van der Waals surface area (Å²) in [7, 11) is 0. The number of hydrogen-bond donors (Lipinski definition) is 5. The van der Waals surface area contributed by atoms with E-state index >= 15 is 0 Å². The zero-order chi connectivity index (χ0) is 36.0. The number of aromatic hydroxyl groups is 3. The van der Waals surface area contributed by atoms with Crippen LogP contribution in [0.25, 0.3) is 0 Å². The fourth-order valence-corrected chi connectivity index (χ4v) is 8.18. The van der Waals surface area contributed by atoms with Crippen LogP contribution in [0.15, 0.2) is 97.1 Å². The third-order valence-corrected chi connectivity index (χ3v) is 10.6. The highest BCUT2D eigenvalue weighted by Crippen LogP contribution is 2.57. The number of phenolic OH excluding ortho intramolecular Hbond substituents is 3. The molecule has 0 saturated heterocycles. The number of benzene rings is 5. The summed E-state index contributed by atoms with van der Waals surface area (Å²) < 4.78 is 12.2. The molecular weight excluding hydrogens is 675 g/mol. The average Bonchev–Trinajstić information content (AvgIpc) is 3.41. The minimum atomic E-state index is -1.32. The molecule has 2 heterocycles. The second kappa shape index (κ2) is 13.5. The van der Waals surface area contributed by atoms with E-state index in [9.17, 15) is 20.1 Å². The molecule has 5 aromatic rings. The number of esters is 1. The number of carbonyl (C=O) groups is 1. The Bertz CT molecular complexity index is 2150. The summed E-state index contributed by atoms with van der Waals surface area (Å²) >= 11 is 5.65. The highest BCUT2D eigenvalue weighted by molar-refractivity contribution is 7.80. The molecule has 1 spiro atoms. The van der Waals surface area contributed by atoms with Gasteiger partial charge in [-0.1, -0.05) is 37.3 Å². The molecule has 52 heavy (non-hydrogen) atoms. The molecule has 5 aromatic carbocycles. The summed E-state index contributed by atoms with van der Waals surface area (Å²) in [6.45, 7) is 4.24. The minimum absolute atomic E-state index is 0.000414. The molecule has 0 aromatic heterocycles. The number of anilines is 2. The summed E-state index contributed by atoms with van der Waals surface area (Å²) in [4.78, 5) is 16.1. The zero-order valence-corrected chi connectivity index (χ0v) is 29.5. The Morgan fingerprint density at radius 2 is 1.52 bits per heavy atom. The van der Waals surface area contributed by atoms with Gasteiger partial charge in [0.15, 0.2) is 10.7 Å². The van der Waals surface area contributed by atoms with E-state index in [-0.39, 0.29) is 11.5 Å². The Morgan fingerprint density at radius 3 is 2.23 bits per heavy atom. The zero-order valence-electron chi connectivity index (χ0n) is 28.7. The molecule has 0 saturated carbocycles. The summed E-state index contributed by atoms with van der Waals surface area (Å²) in [5.74, 6) is 0.561. The number of nitrogens with zero attached hydrogens (tertiary/aromatic N) is 1. The van der Waals surface area contributed by atoms with E-state index < -0.39 is 11.6 Å². The minimum Gasteiger partial charge on any atom is -0.508 e. The highest BCUT2D eigenvalue weighted by atomic mass is 32.1. The molecule has 5 N–H and O–H groups in total. The van der Waals surface area contributed by atoms with Crippen LogP contribution in [0.4, 0.5) is 11.4 Å². The Kier molecular flexibility index (Phi) is 8.72. The molecule has 1 atom stereocenters. The molecule has 0 amide bonds. The van der Waals surface area contributed by atoms with Crippen molar-refractivity contribution in [2.75, 3.05) is 23.7 Å². The van der Waals surface area contributed by atoms with E-state index in [0.29, 0.717) is 56.3 Å². The van der Waals surface area contributed by atoms with Gasteiger partial charge in [0.05, 0.1) is 5.56 Å². The third kappa shape index (κ3) is 6.07. The van der Waals surface area contributed by atoms with E-state index in [2.05, 4.69) is 40.7 Å². The Hall–Kier alpha value is -5.58. The number of ether oxygens (including phenoxy) is 2. The van der Waals surface area contributed by atoms with Crippen molar-refractivity contribution in [2.45, 2.75) is 50.7 Å². The maximum atomic E-state index is 13.5. The van der Waals surface area contributed by atoms with Crippen LogP contribution < -0.4 is 15.4 Å². The number of fused-ring (bicyclic) bond motifs is 7. The highest BCUT2D eigenvalue weighted by Gasteiger charge is 2.53. The van der Waals surface area contributed by atoms with Crippen molar-refractivity contribution < 1.29 is 29.6 Å². The van der Waals surface area contributed by atoms with Crippen molar-refractivity contribution in [1.29, 1.82) is 0 Å². The maximum Gasteiger partial charge on any atom is 0.340 e. The first-order valence-corrected chi connectivity index (χ1v) is 18.1. The predicted molar refractivity (Wildman–Crippen MR) is 204 cm³/mol. The monoisotopic (exact) mass is 713 g/mol. The van der Waals surface area contributed by atoms with Gasteiger partial charge in [-0.25, -0.2) is 4.79 Å². The van der Waals surface area contributed by atoms with Gasteiger partial charge in [-0.15, -0.1) is 0 Å². The standard InChI is InChI=1S/C42H39N3O6S/c1-2-19-45(29-11-14-32-26(21-29)4-3-5-37(32)48)20-18-25-6-8-27(9-7-25)43-41(52)44-28-10-15-34-33(22-28)40(49)51-42(34)35-16-12-30(46)23-38(35)50-39-24-31(47)13-17-36(39)42/h3-10,12-13,15-17,22-24,29,46-48H,2,11,14,18-21H2,1H3,(H2,43,44,52)/t29-/m0/s1. The summed E-state index contributed by atoms with van der Waals surface area (Å²) in [5.41, 5.74) is 5.86. The number of nitrogens with one attached hydrogen (secondary N) is 2.